The third-order valence-corrected chi connectivity index (χ3v) is 3.83. The van der Waals surface area contributed by atoms with Gasteiger partial charge in [-0.2, -0.15) is 0 Å². The molecule has 2 aliphatic rings. The van der Waals surface area contributed by atoms with Crippen LogP contribution in [0.3, 0.4) is 0 Å². The molecule has 1 saturated heterocycles. The zero-order chi connectivity index (χ0) is 12.9. The van der Waals surface area contributed by atoms with Crippen LogP contribution in [-0.2, 0) is 9.53 Å². The average molecular weight is 248 g/mol. The predicted molar refractivity (Wildman–Crippen MR) is 60.9 cm³/mol. The molecule has 6 nitrogen and oxygen atoms in total. The van der Waals surface area contributed by atoms with Gasteiger partial charge in [0.15, 0.2) is 5.03 Å². The first-order valence-electron chi connectivity index (χ1n) is 5.74. The highest BCUT2D eigenvalue weighted by atomic mass is 16.7. The maximum absolute atomic E-state index is 11.7. The minimum absolute atomic E-state index is 0.315. The first kappa shape index (κ1) is 11.0. The summed E-state index contributed by atoms with van der Waals surface area (Å²) in [6.45, 7) is 0. The summed E-state index contributed by atoms with van der Waals surface area (Å²) in [5.74, 6) is -0.816. The minimum atomic E-state index is -0.492. The fourth-order valence-corrected chi connectivity index (χ4v) is 3.16. The van der Waals surface area contributed by atoms with Crippen molar-refractivity contribution in [2.24, 2.45) is 5.92 Å². The van der Waals surface area contributed by atoms with Crippen LogP contribution in [0.5, 0.6) is 0 Å². The van der Waals surface area contributed by atoms with Crippen molar-refractivity contribution < 1.29 is 14.6 Å². The lowest BCUT2D eigenvalue weighted by atomic mass is 9.84. The standard InChI is InChI=1S/C12H12N2O4/c1-18-12(15)9-6-10-7-4-2-3-5-8(7)11(9)13(10)14(16)17/h2-5,9-11H,6H2,1H3/t9-,10-,11-/m0/s1. The van der Waals surface area contributed by atoms with Crippen molar-refractivity contribution in [1.82, 2.24) is 5.01 Å². The predicted octanol–water partition coefficient (Wildman–Crippen LogP) is 1.47. The summed E-state index contributed by atoms with van der Waals surface area (Å²) >= 11 is 0. The van der Waals surface area contributed by atoms with Gasteiger partial charge in [0.1, 0.15) is 12.1 Å². The average Bonchev–Trinajstić information content (AvgIpc) is 2.92. The van der Waals surface area contributed by atoms with E-state index in [1.165, 1.54) is 12.1 Å². The summed E-state index contributed by atoms with van der Waals surface area (Å²) in [7, 11) is 1.32. The summed E-state index contributed by atoms with van der Waals surface area (Å²) in [5, 5.41) is 11.9. The van der Waals surface area contributed by atoms with Gasteiger partial charge in [-0.3, -0.25) is 4.79 Å². The largest absolute Gasteiger partial charge is 0.469 e. The number of ether oxygens (including phenoxy) is 1. The van der Waals surface area contributed by atoms with Crippen LogP contribution in [0.25, 0.3) is 0 Å². The molecule has 3 atom stereocenters. The van der Waals surface area contributed by atoms with Gasteiger partial charge in [0.2, 0.25) is 0 Å². The van der Waals surface area contributed by atoms with Crippen molar-refractivity contribution >= 4 is 5.97 Å². The van der Waals surface area contributed by atoms with Gasteiger partial charge in [0.05, 0.1) is 13.0 Å². The lowest BCUT2D eigenvalue weighted by Gasteiger charge is -2.18. The molecule has 0 aromatic heterocycles. The number of methoxy groups -OCH3 is 1. The minimum Gasteiger partial charge on any atom is -0.469 e. The van der Waals surface area contributed by atoms with Gasteiger partial charge < -0.3 is 4.74 Å². The number of hydrogen-bond donors (Lipinski definition) is 0. The summed E-state index contributed by atoms with van der Waals surface area (Å²) in [6.07, 6.45) is 0.454. The first-order chi connectivity index (χ1) is 8.65. The molecule has 2 aliphatic heterocycles. The number of benzene rings is 1. The highest BCUT2D eigenvalue weighted by molar-refractivity contribution is 5.75. The summed E-state index contributed by atoms with van der Waals surface area (Å²) in [4.78, 5) is 22.9. The number of carbonyl (C=O) groups is 1. The number of nitrogens with zero attached hydrogens (tertiary/aromatic N) is 2. The molecule has 1 fully saturated rings. The number of fused-ring (bicyclic) bond motifs is 5. The van der Waals surface area contributed by atoms with E-state index in [4.69, 9.17) is 4.74 Å². The molecule has 1 aromatic rings. The Bertz CT molecular complexity index is 531. The van der Waals surface area contributed by atoms with Crippen molar-refractivity contribution in [1.29, 1.82) is 0 Å². The SMILES string of the molecule is COC(=O)[C@H]1C[C@H]2c3ccccc3[C@@H]1N2[N+](=O)[O-]. The van der Waals surface area contributed by atoms with Gasteiger partial charge >= 0.3 is 5.97 Å². The molecule has 94 valence electrons. The van der Waals surface area contributed by atoms with Crippen molar-refractivity contribution in [3.63, 3.8) is 0 Å². The zero-order valence-corrected chi connectivity index (χ0v) is 9.78. The number of carbonyl (C=O) groups excluding carboxylic acids is 1. The second kappa shape index (κ2) is 3.69. The molecule has 0 radical (unpaired) electrons. The van der Waals surface area contributed by atoms with Gasteiger partial charge in [-0.15, -0.1) is 5.01 Å². The van der Waals surface area contributed by atoms with Crippen LogP contribution >= 0.6 is 0 Å². The molecule has 3 rings (SSSR count). The normalized spacial score (nSPS) is 28.1. The van der Waals surface area contributed by atoms with Gasteiger partial charge in [0.25, 0.3) is 0 Å². The maximum Gasteiger partial charge on any atom is 0.311 e. The van der Waals surface area contributed by atoms with Gasteiger partial charge in [-0.25, -0.2) is 10.1 Å². The maximum atomic E-state index is 11.7. The quantitative estimate of drug-likeness (QED) is 0.450. The highest BCUT2D eigenvalue weighted by Crippen LogP contribution is 2.56. The van der Waals surface area contributed by atoms with E-state index in [0.29, 0.717) is 6.42 Å². The molecular formula is C12H12N2O4. The zero-order valence-electron chi connectivity index (χ0n) is 9.78. The fourth-order valence-electron chi connectivity index (χ4n) is 3.16. The van der Waals surface area contributed by atoms with Gasteiger partial charge in [-0.05, 0) is 17.5 Å². The van der Waals surface area contributed by atoms with E-state index < -0.39 is 17.0 Å². The van der Waals surface area contributed by atoms with Crippen LogP contribution in [0, 0.1) is 16.0 Å². The number of hydrazine groups is 1. The van der Waals surface area contributed by atoms with Crippen molar-refractivity contribution in [2.75, 3.05) is 7.11 Å². The fraction of sp³-hybridized carbons (Fsp3) is 0.417. The number of nitro groups is 1. The Morgan fingerprint density at radius 2 is 2.11 bits per heavy atom. The molecule has 18 heavy (non-hydrogen) atoms. The van der Waals surface area contributed by atoms with Crippen molar-refractivity contribution in [3.05, 3.63) is 45.5 Å². The van der Waals surface area contributed by atoms with Crippen LogP contribution < -0.4 is 0 Å². The Hall–Kier alpha value is -2.11. The second-order valence-corrected chi connectivity index (χ2v) is 4.57. The number of esters is 1. The molecule has 2 bridgehead atoms. The Labute approximate surface area is 103 Å². The lowest BCUT2D eigenvalue weighted by Crippen LogP contribution is -2.30. The van der Waals surface area contributed by atoms with Gasteiger partial charge in [-0.1, -0.05) is 24.3 Å². The molecule has 0 unspecified atom stereocenters. The van der Waals surface area contributed by atoms with E-state index in [-0.39, 0.29) is 12.0 Å². The smallest absolute Gasteiger partial charge is 0.311 e. The number of hydrogen-bond acceptors (Lipinski definition) is 4. The van der Waals surface area contributed by atoms with E-state index in [0.717, 1.165) is 11.1 Å². The molecule has 0 N–H and O–H groups in total. The van der Waals surface area contributed by atoms with Crippen LogP contribution in [0.2, 0.25) is 0 Å². The van der Waals surface area contributed by atoms with Crippen LogP contribution in [0.15, 0.2) is 24.3 Å². The lowest BCUT2D eigenvalue weighted by molar-refractivity contribution is -0.668. The van der Waals surface area contributed by atoms with Gasteiger partial charge in [0, 0.05) is 0 Å². The second-order valence-electron chi connectivity index (χ2n) is 4.57. The van der Waals surface area contributed by atoms with E-state index >= 15 is 0 Å². The molecule has 0 aliphatic carbocycles. The Morgan fingerprint density at radius 3 is 2.72 bits per heavy atom. The third kappa shape index (κ3) is 1.25. The molecule has 2 heterocycles. The van der Waals surface area contributed by atoms with Crippen LogP contribution in [-0.4, -0.2) is 23.1 Å². The summed E-state index contributed by atoms with van der Waals surface area (Å²) < 4.78 is 4.74. The molecule has 0 spiro atoms. The Balaban J connectivity index is 2.07. The molecule has 0 saturated carbocycles. The number of rotatable bonds is 2. The first-order valence-corrected chi connectivity index (χ1v) is 5.74. The van der Waals surface area contributed by atoms with Crippen molar-refractivity contribution in [2.45, 2.75) is 18.5 Å². The molecular weight excluding hydrogens is 236 g/mol. The monoisotopic (exact) mass is 248 g/mol. The summed E-state index contributed by atoms with van der Waals surface area (Å²) in [5.41, 5.74) is 1.83. The summed E-state index contributed by atoms with van der Waals surface area (Å²) in [6, 6.07) is 6.64. The molecule has 0 amide bonds. The highest BCUT2D eigenvalue weighted by Gasteiger charge is 2.58. The van der Waals surface area contributed by atoms with Crippen molar-refractivity contribution in [3.8, 4) is 0 Å². The molecule has 6 heteroatoms. The van der Waals surface area contributed by atoms with E-state index in [2.05, 4.69) is 0 Å². The van der Waals surface area contributed by atoms with E-state index in [9.17, 15) is 14.9 Å². The third-order valence-electron chi connectivity index (χ3n) is 3.83. The van der Waals surface area contributed by atoms with Crippen LogP contribution in [0.4, 0.5) is 0 Å². The Morgan fingerprint density at radius 1 is 1.44 bits per heavy atom. The Kier molecular flexibility index (Phi) is 2.26. The topological polar surface area (TPSA) is 72.7 Å². The molecule has 1 aromatic carbocycles. The van der Waals surface area contributed by atoms with E-state index in [1.807, 2.05) is 24.3 Å². The van der Waals surface area contributed by atoms with Crippen LogP contribution in [0.1, 0.15) is 29.6 Å². The van der Waals surface area contributed by atoms with E-state index in [1.54, 1.807) is 0 Å².